The van der Waals surface area contributed by atoms with Crippen molar-refractivity contribution >= 4 is 15.8 Å². The van der Waals surface area contributed by atoms with Crippen LogP contribution in [-0.2, 0) is 16.4 Å². The van der Waals surface area contributed by atoms with E-state index in [9.17, 15) is 8.42 Å². The van der Waals surface area contributed by atoms with Crippen LogP contribution < -0.4 is 10.6 Å². The van der Waals surface area contributed by atoms with Gasteiger partial charge in [-0.1, -0.05) is 19.1 Å². The molecule has 0 unspecified atom stereocenters. The van der Waals surface area contributed by atoms with Crippen LogP contribution in [-0.4, -0.2) is 33.2 Å². The summed E-state index contributed by atoms with van der Waals surface area (Å²) in [5.41, 5.74) is 0.980. The molecule has 2 N–H and O–H groups in total. The molecular formula is C14H23N3O2S. The van der Waals surface area contributed by atoms with E-state index in [0.717, 1.165) is 24.6 Å². The first kappa shape index (κ1) is 16.5. The molecule has 0 saturated heterocycles. The van der Waals surface area contributed by atoms with Crippen molar-refractivity contribution < 1.29 is 8.42 Å². The van der Waals surface area contributed by atoms with Crippen molar-refractivity contribution in [2.45, 2.75) is 32.2 Å². The van der Waals surface area contributed by atoms with Gasteiger partial charge in [0.2, 0.25) is 0 Å². The molecule has 1 rings (SSSR count). The highest BCUT2D eigenvalue weighted by Gasteiger charge is 2.10. The molecule has 6 heteroatoms. The minimum absolute atomic E-state index is 0.121. The minimum Gasteiger partial charge on any atom is -0.357 e. The van der Waals surface area contributed by atoms with Crippen LogP contribution >= 0.6 is 0 Å². The Bertz CT molecular complexity index is 528. The van der Waals surface area contributed by atoms with Crippen molar-refractivity contribution in [3.8, 4) is 0 Å². The van der Waals surface area contributed by atoms with Gasteiger partial charge in [-0.25, -0.2) is 13.4 Å². The van der Waals surface area contributed by atoms with Gasteiger partial charge in [0, 0.05) is 13.1 Å². The first-order chi connectivity index (χ1) is 9.53. The first-order valence-electron chi connectivity index (χ1n) is 6.87. The number of guanidine groups is 1. The standard InChI is InChI=1S/C14H23N3O2S/c1-4-15-14(16-5-2)17-11-12-7-9-13(10-8-12)20(18,19)6-3/h7-10H,4-6,11H2,1-3H3,(H2,15,16,17). The Morgan fingerprint density at radius 2 is 1.60 bits per heavy atom. The summed E-state index contributed by atoms with van der Waals surface area (Å²) in [6, 6.07) is 6.90. The van der Waals surface area contributed by atoms with Crippen LogP contribution in [0.2, 0.25) is 0 Å². The quantitative estimate of drug-likeness (QED) is 0.617. The van der Waals surface area contributed by atoms with Gasteiger partial charge in [0.25, 0.3) is 0 Å². The molecule has 0 aliphatic rings. The van der Waals surface area contributed by atoms with Crippen LogP contribution in [0.3, 0.4) is 0 Å². The molecule has 0 saturated carbocycles. The normalized spacial score (nSPS) is 10.9. The van der Waals surface area contributed by atoms with Crippen LogP contribution in [0.25, 0.3) is 0 Å². The molecule has 0 atom stereocenters. The highest BCUT2D eigenvalue weighted by Crippen LogP contribution is 2.12. The van der Waals surface area contributed by atoms with Crippen LogP contribution in [0.15, 0.2) is 34.2 Å². The van der Waals surface area contributed by atoms with Gasteiger partial charge in [0.15, 0.2) is 15.8 Å². The average Bonchev–Trinajstić information content (AvgIpc) is 2.46. The van der Waals surface area contributed by atoms with Crippen molar-refractivity contribution in [2.24, 2.45) is 4.99 Å². The molecular weight excluding hydrogens is 274 g/mol. The summed E-state index contributed by atoms with van der Waals surface area (Å²) in [5, 5.41) is 6.28. The molecule has 1 aromatic rings. The fourth-order valence-electron chi connectivity index (χ4n) is 1.65. The highest BCUT2D eigenvalue weighted by molar-refractivity contribution is 7.91. The van der Waals surface area contributed by atoms with Gasteiger partial charge in [0.05, 0.1) is 17.2 Å². The Balaban J connectivity index is 2.77. The lowest BCUT2D eigenvalue weighted by atomic mass is 10.2. The second-order valence-electron chi connectivity index (χ2n) is 4.27. The van der Waals surface area contributed by atoms with Gasteiger partial charge < -0.3 is 10.6 Å². The molecule has 112 valence electrons. The summed E-state index contributed by atoms with van der Waals surface area (Å²) in [5.74, 6) is 0.885. The fraction of sp³-hybridized carbons (Fsp3) is 0.500. The van der Waals surface area contributed by atoms with Crippen LogP contribution in [0.5, 0.6) is 0 Å². The fourth-order valence-corrected chi connectivity index (χ4v) is 2.53. The Morgan fingerprint density at radius 1 is 1.05 bits per heavy atom. The van der Waals surface area contributed by atoms with Crippen molar-refractivity contribution in [1.82, 2.24) is 10.6 Å². The van der Waals surface area contributed by atoms with E-state index < -0.39 is 9.84 Å². The number of sulfone groups is 1. The molecule has 5 nitrogen and oxygen atoms in total. The van der Waals surface area contributed by atoms with Crippen LogP contribution in [0.1, 0.15) is 26.3 Å². The van der Waals surface area contributed by atoms with Gasteiger partial charge in [-0.2, -0.15) is 0 Å². The lowest BCUT2D eigenvalue weighted by Crippen LogP contribution is -2.36. The predicted molar refractivity (Wildman–Crippen MR) is 82.7 cm³/mol. The van der Waals surface area contributed by atoms with E-state index in [4.69, 9.17) is 0 Å². The largest absolute Gasteiger partial charge is 0.357 e. The maximum absolute atomic E-state index is 11.7. The zero-order valence-corrected chi connectivity index (χ0v) is 13.1. The molecule has 0 amide bonds. The molecule has 0 spiro atoms. The average molecular weight is 297 g/mol. The van der Waals surface area contributed by atoms with E-state index in [-0.39, 0.29) is 5.75 Å². The van der Waals surface area contributed by atoms with Crippen molar-refractivity contribution in [2.75, 3.05) is 18.8 Å². The van der Waals surface area contributed by atoms with Crippen molar-refractivity contribution in [3.05, 3.63) is 29.8 Å². The number of hydrogen-bond acceptors (Lipinski definition) is 3. The molecule has 0 heterocycles. The number of nitrogens with zero attached hydrogens (tertiary/aromatic N) is 1. The number of nitrogens with one attached hydrogen (secondary N) is 2. The van der Waals surface area contributed by atoms with E-state index in [2.05, 4.69) is 15.6 Å². The Labute approximate surface area is 121 Å². The van der Waals surface area contributed by atoms with Crippen molar-refractivity contribution in [1.29, 1.82) is 0 Å². The van der Waals surface area contributed by atoms with Gasteiger partial charge in [-0.05, 0) is 31.5 Å². The summed E-state index contributed by atoms with van der Waals surface area (Å²) < 4.78 is 23.4. The lowest BCUT2D eigenvalue weighted by molar-refractivity contribution is 0.597. The van der Waals surface area contributed by atoms with Gasteiger partial charge in [-0.15, -0.1) is 0 Å². The first-order valence-corrected chi connectivity index (χ1v) is 8.52. The van der Waals surface area contributed by atoms with E-state index in [1.807, 2.05) is 26.0 Å². The maximum Gasteiger partial charge on any atom is 0.191 e. The monoisotopic (exact) mass is 297 g/mol. The molecule has 0 aliphatic carbocycles. The molecule has 0 radical (unpaired) electrons. The van der Waals surface area contributed by atoms with E-state index in [1.165, 1.54) is 0 Å². The summed E-state index contributed by atoms with van der Waals surface area (Å²) in [6.07, 6.45) is 0. The molecule has 1 aromatic carbocycles. The van der Waals surface area contributed by atoms with Crippen molar-refractivity contribution in [3.63, 3.8) is 0 Å². The van der Waals surface area contributed by atoms with Gasteiger partial charge in [-0.3, -0.25) is 0 Å². The number of aliphatic imine (C=N–C) groups is 1. The third-order valence-electron chi connectivity index (χ3n) is 2.77. The molecule has 0 aromatic heterocycles. The SMILES string of the molecule is CCNC(=NCc1ccc(S(=O)(=O)CC)cc1)NCC. The Morgan fingerprint density at radius 3 is 2.05 bits per heavy atom. The Kier molecular flexibility index (Phi) is 6.51. The molecule has 20 heavy (non-hydrogen) atoms. The zero-order valence-electron chi connectivity index (χ0n) is 12.3. The summed E-state index contributed by atoms with van der Waals surface area (Å²) >= 11 is 0. The van der Waals surface area contributed by atoms with E-state index in [1.54, 1.807) is 19.1 Å². The zero-order chi connectivity index (χ0) is 15.0. The lowest BCUT2D eigenvalue weighted by Gasteiger charge is -2.09. The number of hydrogen-bond donors (Lipinski definition) is 2. The predicted octanol–water partition coefficient (Wildman–Crippen LogP) is 1.56. The summed E-state index contributed by atoms with van der Waals surface area (Å²) in [4.78, 5) is 4.80. The maximum atomic E-state index is 11.7. The molecule has 0 bridgehead atoms. The van der Waals surface area contributed by atoms with Gasteiger partial charge >= 0.3 is 0 Å². The summed E-state index contributed by atoms with van der Waals surface area (Å²) in [6.45, 7) is 7.79. The third-order valence-corrected chi connectivity index (χ3v) is 4.52. The van der Waals surface area contributed by atoms with E-state index in [0.29, 0.717) is 11.4 Å². The second-order valence-corrected chi connectivity index (χ2v) is 6.55. The van der Waals surface area contributed by atoms with Crippen LogP contribution in [0, 0.1) is 0 Å². The smallest absolute Gasteiger partial charge is 0.191 e. The second kappa shape index (κ2) is 7.89. The number of benzene rings is 1. The molecule has 0 aliphatic heterocycles. The topological polar surface area (TPSA) is 70.6 Å². The highest BCUT2D eigenvalue weighted by atomic mass is 32.2. The molecule has 0 fully saturated rings. The minimum atomic E-state index is -3.12. The number of rotatable bonds is 6. The van der Waals surface area contributed by atoms with E-state index >= 15 is 0 Å². The van der Waals surface area contributed by atoms with Crippen LogP contribution in [0.4, 0.5) is 0 Å². The third kappa shape index (κ3) is 4.85. The van der Waals surface area contributed by atoms with Gasteiger partial charge in [0.1, 0.15) is 0 Å². The Hall–Kier alpha value is -1.56. The summed E-state index contributed by atoms with van der Waals surface area (Å²) in [7, 11) is -3.12.